The lowest BCUT2D eigenvalue weighted by Crippen LogP contribution is -2.19. The number of hydrogen-bond donors (Lipinski definition) is 1. The van der Waals surface area contributed by atoms with Gasteiger partial charge in [0.2, 0.25) is 5.82 Å². The maximum Gasteiger partial charge on any atom is 0.311 e. The van der Waals surface area contributed by atoms with Crippen molar-refractivity contribution in [3.63, 3.8) is 0 Å². The average molecular weight is 223 g/mol. The molecule has 0 aromatic carbocycles. The highest BCUT2D eigenvalue weighted by molar-refractivity contribution is 5.55. The van der Waals surface area contributed by atoms with E-state index in [-0.39, 0.29) is 11.8 Å². The Labute approximate surface area is 92.8 Å². The van der Waals surface area contributed by atoms with Crippen molar-refractivity contribution < 1.29 is 9.66 Å². The maximum atomic E-state index is 10.7. The number of ether oxygens (including phenoxy) is 1. The van der Waals surface area contributed by atoms with Gasteiger partial charge in [0.1, 0.15) is 0 Å². The Kier molecular flexibility index (Phi) is 3.31. The summed E-state index contributed by atoms with van der Waals surface area (Å²) >= 11 is 0. The molecule has 1 unspecified atom stereocenters. The van der Waals surface area contributed by atoms with Gasteiger partial charge in [-0.2, -0.15) is 0 Å². The third kappa shape index (κ3) is 2.46. The molecular weight excluding hydrogens is 210 g/mol. The van der Waals surface area contributed by atoms with Crippen LogP contribution in [-0.2, 0) is 4.74 Å². The minimum absolute atomic E-state index is 0.000460. The van der Waals surface area contributed by atoms with Gasteiger partial charge >= 0.3 is 5.69 Å². The molecule has 86 valence electrons. The highest BCUT2D eigenvalue weighted by atomic mass is 16.6. The molecule has 0 bridgehead atoms. The van der Waals surface area contributed by atoms with Crippen molar-refractivity contribution in [1.29, 1.82) is 0 Å². The number of hydrogen-bond acceptors (Lipinski definition) is 5. The van der Waals surface area contributed by atoms with Gasteiger partial charge in [-0.1, -0.05) is 0 Å². The molecule has 1 aliphatic rings. The second-order valence-electron chi connectivity index (χ2n) is 3.64. The first-order valence-corrected chi connectivity index (χ1v) is 5.22. The topological polar surface area (TPSA) is 77.3 Å². The zero-order chi connectivity index (χ0) is 11.4. The third-order valence-corrected chi connectivity index (χ3v) is 2.50. The van der Waals surface area contributed by atoms with Crippen LogP contribution in [0.5, 0.6) is 0 Å². The van der Waals surface area contributed by atoms with Gasteiger partial charge in [-0.3, -0.25) is 10.1 Å². The maximum absolute atomic E-state index is 10.7. The van der Waals surface area contributed by atoms with Crippen LogP contribution in [0.25, 0.3) is 0 Å². The van der Waals surface area contributed by atoms with Crippen molar-refractivity contribution in [2.24, 2.45) is 0 Å². The molecule has 1 atom stereocenters. The summed E-state index contributed by atoms with van der Waals surface area (Å²) < 4.78 is 5.41. The number of pyridine rings is 1. The van der Waals surface area contributed by atoms with Crippen LogP contribution in [0.4, 0.5) is 11.5 Å². The minimum Gasteiger partial charge on any atom is -0.376 e. The highest BCUT2D eigenvalue weighted by Crippen LogP contribution is 2.21. The predicted octanol–water partition coefficient (Wildman–Crippen LogP) is 1.58. The summed E-state index contributed by atoms with van der Waals surface area (Å²) in [5.41, 5.74) is 0.000460. The molecule has 1 aliphatic heterocycles. The lowest BCUT2D eigenvalue weighted by atomic mass is 10.2. The fraction of sp³-hybridized carbons (Fsp3) is 0.500. The molecule has 1 aromatic rings. The van der Waals surface area contributed by atoms with Gasteiger partial charge in [0.05, 0.1) is 11.0 Å². The Hall–Kier alpha value is -1.69. The first kappa shape index (κ1) is 10.8. The second-order valence-corrected chi connectivity index (χ2v) is 3.64. The first-order valence-electron chi connectivity index (χ1n) is 5.22. The molecule has 6 nitrogen and oxygen atoms in total. The van der Waals surface area contributed by atoms with Gasteiger partial charge in [0, 0.05) is 25.4 Å². The molecule has 2 rings (SSSR count). The van der Waals surface area contributed by atoms with Crippen molar-refractivity contribution in [3.05, 3.63) is 28.4 Å². The van der Waals surface area contributed by atoms with Crippen LogP contribution in [0.1, 0.15) is 12.8 Å². The lowest BCUT2D eigenvalue weighted by molar-refractivity contribution is -0.384. The smallest absolute Gasteiger partial charge is 0.311 e. The van der Waals surface area contributed by atoms with Crippen molar-refractivity contribution in [2.75, 3.05) is 18.5 Å². The molecule has 0 amide bonds. The number of anilines is 1. The number of aromatic nitrogens is 1. The molecule has 1 fully saturated rings. The Morgan fingerprint density at radius 2 is 2.56 bits per heavy atom. The Morgan fingerprint density at radius 1 is 1.69 bits per heavy atom. The molecule has 16 heavy (non-hydrogen) atoms. The number of nitrogens with one attached hydrogen (secondary N) is 1. The van der Waals surface area contributed by atoms with Crippen molar-refractivity contribution in [3.8, 4) is 0 Å². The van der Waals surface area contributed by atoms with Gasteiger partial charge in [0.25, 0.3) is 0 Å². The monoisotopic (exact) mass is 223 g/mol. The molecule has 0 saturated carbocycles. The summed E-state index contributed by atoms with van der Waals surface area (Å²) in [4.78, 5) is 14.2. The van der Waals surface area contributed by atoms with Crippen molar-refractivity contribution in [1.82, 2.24) is 4.98 Å². The normalized spacial score (nSPS) is 19.6. The molecule has 6 heteroatoms. The van der Waals surface area contributed by atoms with Crippen LogP contribution in [0.2, 0.25) is 0 Å². The van der Waals surface area contributed by atoms with Gasteiger partial charge in [-0.25, -0.2) is 4.98 Å². The van der Waals surface area contributed by atoms with E-state index in [1.54, 1.807) is 6.07 Å². The van der Waals surface area contributed by atoms with Crippen LogP contribution in [-0.4, -0.2) is 29.2 Å². The van der Waals surface area contributed by atoms with Crippen LogP contribution >= 0.6 is 0 Å². The molecule has 2 heterocycles. The highest BCUT2D eigenvalue weighted by Gasteiger charge is 2.18. The van der Waals surface area contributed by atoms with Crippen LogP contribution in [0, 0.1) is 10.1 Å². The SMILES string of the molecule is O=[N+]([O-])c1cccnc1NCC1CCCO1. The van der Waals surface area contributed by atoms with Crippen LogP contribution in [0.3, 0.4) is 0 Å². The summed E-state index contributed by atoms with van der Waals surface area (Å²) in [6, 6.07) is 2.99. The van der Waals surface area contributed by atoms with E-state index in [0.717, 1.165) is 19.4 Å². The fourth-order valence-electron chi connectivity index (χ4n) is 1.70. The zero-order valence-corrected chi connectivity index (χ0v) is 8.76. The quantitative estimate of drug-likeness (QED) is 0.619. The van der Waals surface area contributed by atoms with Crippen molar-refractivity contribution >= 4 is 11.5 Å². The van der Waals surface area contributed by atoms with E-state index in [1.165, 1.54) is 12.3 Å². The first-order chi connectivity index (χ1) is 7.77. The van der Waals surface area contributed by atoms with E-state index in [1.807, 2.05) is 0 Å². The molecule has 1 aromatic heterocycles. The molecular formula is C10H13N3O3. The van der Waals surface area contributed by atoms with Gasteiger partial charge in [-0.15, -0.1) is 0 Å². The number of nitrogens with zero attached hydrogens (tertiary/aromatic N) is 2. The second kappa shape index (κ2) is 4.89. The zero-order valence-electron chi connectivity index (χ0n) is 8.76. The number of nitro groups is 1. The molecule has 1 N–H and O–H groups in total. The van der Waals surface area contributed by atoms with E-state index in [9.17, 15) is 10.1 Å². The summed E-state index contributed by atoms with van der Waals surface area (Å²) in [6.07, 6.45) is 3.72. The molecule has 0 aliphatic carbocycles. The Morgan fingerprint density at radius 3 is 3.25 bits per heavy atom. The number of rotatable bonds is 4. The fourth-order valence-corrected chi connectivity index (χ4v) is 1.70. The minimum atomic E-state index is -0.440. The summed E-state index contributed by atoms with van der Waals surface area (Å²) in [6.45, 7) is 1.34. The summed E-state index contributed by atoms with van der Waals surface area (Å²) in [7, 11) is 0. The third-order valence-electron chi connectivity index (χ3n) is 2.50. The van der Waals surface area contributed by atoms with Gasteiger partial charge in [-0.05, 0) is 18.9 Å². The van der Waals surface area contributed by atoms with E-state index in [4.69, 9.17) is 4.74 Å². The molecule has 1 saturated heterocycles. The Bertz CT molecular complexity index is 377. The average Bonchev–Trinajstić information content (AvgIpc) is 2.79. The van der Waals surface area contributed by atoms with E-state index in [2.05, 4.69) is 10.3 Å². The van der Waals surface area contributed by atoms with Gasteiger partial charge < -0.3 is 10.1 Å². The van der Waals surface area contributed by atoms with Crippen molar-refractivity contribution in [2.45, 2.75) is 18.9 Å². The predicted molar refractivity (Wildman–Crippen MR) is 58.4 cm³/mol. The van der Waals surface area contributed by atoms with E-state index in [0.29, 0.717) is 12.4 Å². The summed E-state index contributed by atoms with van der Waals surface area (Å²) in [5.74, 6) is 0.308. The summed E-state index contributed by atoms with van der Waals surface area (Å²) in [5, 5.41) is 13.7. The van der Waals surface area contributed by atoms with Crippen LogP contribution in [0.15, 0.2) is 18.3 Å². The van der Waals surface area contributed by atoms with E-state index < -0.39 is 4.92 Å². The van der Waals surface area contributed by atoms with Gasteiger partial charge in [0.15, 0.2) is 0 Å². The van der Waals surface area contributed by atoms with E-state index >= 15 is 0 Å². The Balaban J connectivity index is 2.00. The van der Waals surface area contributed by atoms with Crippen LogP contribution < -0.4 is 5.32 Å². The molecule has 0 radical (unpaired) electrons. The lowest BCUT2D eigenvalue weighted by Gasteiger charge is -2.10. The largest absolute Gasteiger partial charge is 0.376 e. The standard InChI is InChI=1S/C10H13N3O3/c14-13(15)9-4-1-5-11-10(9)12-7-8-3-2-6-16-8/h1,4-5,8H,2-3,6-7H2,(H,11,12). The molecule has 0 spiro atoms.